The first-order valence-electron chi connectivity index (χ1n) is 7.09. The van der Waals surface area contributed by atoms with Crippen molar-refractivity contribution < 1.29 is 9.47 Å². The average molecular weight is 286 g/mol. The molecule has 0 unspecified atom stereocenters. The molecule has 5 nitrogen and oxygen atoms in total. The van der Waals surface area contributed by atoms with E-state index in [0.29, 0.717) is 6.54 Å². The van der Waals surface area contributed by atoms with Crippen molar-refractivity contribution >= 4 is 5.69 Å². The van der Waals surface area contributed by atoms with Crippen LogP contribution in [0.25, 0.3) is 0 Å². The number of hydrogen-bond donors (Lipinski definition) is 1. The van der Waals surface area contributed by atoms with Crippen LogP contribution in [-0.4, -0.2) is 11.4 Å². The Labute approximate surface area is 123 Å². The van der Waals surface area contributed by atoms with Crippen molar-refractivity contribution in [1.29, 1.82) is 0 Å². The molecule has 0 saturated heterocycles. The highest BCUT2D eigenvalue weighted by Crippen LogP contribution is 2.32. The van der Waals surface area contributed by atoms with E-state index in [9.17, 15) is 4.79 Å². The predicted octanol–water partition coefficient (Wildman–Crippen LogP) is 2.60. The van der Waals surface area contributed by atoms with Gasteiger partial charge in [-0.25, -0.2) is 0 Å². The highest BCUT2D eigenvalue weighted by Gasteiger charge is 2.12. The average Bonchev–Trinajstić information content (AvgIpc) is 2.96. The fraction of sp³-hybridized carbons (Fsp3) is 0.312. The smallest absolute Gasteiger partial charge is 0.250 e. The number of aryl methyl sites for hydroxylation is 1. The van der Waals surface area contributed by atoms with Gasteiger partial charge >= 0.3 is 0 Å². The minimum Gasteiger partial charge on any atom is -0.454 e. The van der Waals surface area contributed by atoms with Gasteiger partial charge in [-0.05, 0) is 30.2 Å². The summed E-state index contributed by atoms with van der Waals surface area (Å²) in [6.45, 7) is 3.74. The van der Waals surface area contributed by atoms with Crippen LogP contribution in [0.3, 0.4) is 0 Å². The first-order valence-corrected chi connectivity index (χ1v) is 7.09. The maximum atomic E-state index is 11.7. The third kappa shape index (κ3) is 3.02. The molecule has 0 atom stereocenters. The first kappa shape index (κ1) is 13.5. The minimum absolute atomic E-state index is 0.0329. The van der Waals surface area contributed by atoms with Gasteiger partial charge < -0.3 is 19.4 Å². The molecule has 1 aliphatic rings. The molecule has 1 N–H and O–H groups in total. The van der Waals surface area contributed by atoms with E-state index in [2.05, 4.69) is 12.2 Å². The third-order valence-electron chi connectivity index (χ3n) is 3.38. The number of aromatic nitrogens is 1. The molecule has 21 heavy (non-hydrogen) atoms. The molecule has 0 saturated carbocycles. The number of nitrogens with one attached hydrogen (secondary N) is 1. The van der Waals surface area contributed by atoms with Gasteiger partial charge in [0.25, 0.3) is 5.56 Å². The second-order valence-electron chi connectivity index (χ2n) is 4.99. The van der Waals surface area contributed by atoms with Crippen LogP contribution < -0.4 is 20.3 Å². The Bertz CT molecular complexity index is 694. The molecule has 0 spiro atoms. The Morgan fingerprint density at radius 1 is 1.19 bits per heavy atom. The Morgan fingerprint density at radius 2 is 2.05 bits per heavy atom. The lowest BCUT2D eigenvalue weighted by atomic mass is 10.2. The Balaban J connectivity index is 1.70. The van der Waals surface area contributed by atoms with Crippen molar-refractivity contribution in [2.75, 3.05) is 12.1 Å². The van der Waals surface area contributed by atoms with Gasteiger partial charge in [0.2, 0.25) is 6.79 Å². The number of rotatable bonds is 5. The summed E-state index contributed by atoms with van der Waals surface area (Å²) in [5.41, 5.74) is 2.07. The molecule has 0 amide bonds. The van der Waals surface area contributed by atoms with Crippen LogP contribution >= 0.6 is 0 Å². The van der Waals surface area contributed by atoms with Crippen molar-refractivity contribution in [2.24, 2.45) is 0 Å². The van der Waals surface area contributed by atoms with E-state index in [4.69, 9.17) is 9.47 Å². The third-order valence-corrected chi connectivity index (χ3v) is 3.38. The molecule has 2 heterocycles. The topological polar surface area (TPSA) is 52.5 Å². The molecule has 0 fully saturated rings. The molecule has 1 aromatic carbocycles. The van der Waals surface area contributed by atoms with Gasteiger partial charge in [0.15, 0.2) is 11.5 Å². The van der Waals surface area contributed by atoms with E-state index in [1.807, 2.05) is 30.5 Å². The van der Waals surface area contributed by atoms with Gasteiger partial charge in [0, 0.05) is 25.4 Å². The highest BCUT2D eigenvalue weighted by molar-refractivity contribution is 5.46. The summed E-state index contributed by atoms with van der Waals surface area (Å²) in [5, 5.41) is 3.32. The minimum atomic E-state index is 0.0329. The molecule has 5 heteroatoms. The van der Waals surface area contributed by atoms with Gasteiger partial charge in [0.1, 0.15) is 0 Å². The van der Waals surface area contributed by atoms with E-state index in [-0.39, 0.29) is 12.4 Å². The Hall–Kier alpha value is -2.43. The van der Waals surface area contributed by atoms with Gasteiger partial charge in [0.05, 0.1) is 5.69 Å². The van der Waals surface area contributed by atoms with Crippen molar-refractivity contribution in [1.82, 2.24) is 4.57 Å². The molecule has 3 rings (SSSR count). The van der Waals surface area contributed by atoms with Crippen LogP contribution in [0.2, 0.25) is 0 Å². The van der Waals surface area contributed by atoms with Gasteiger partial charge in [-0.15, -0.1) is 0 Å². The SMILES string of the molecule is CCCn1cc(NCc2ccc3c(c2)OCO3)ccc1=O. The summed E-state index contributed by atoms with van der Waals surface area (Å²) in [5.74, 6) is 1.57. The van der Waals surface area contributed by atoms with Crippen LogP contribution in [0.4, 0.5) is 5.69 Å². The monoisotopic (exact) mass is 286 g/mol. The fourth-order valence-electron chi connectivity index (χ4n) is 2.31. The summed E-state index contributed by atoms with van der Waals surface area (Å²) < 4.78 is 12.4. The summed E-state index contributed by atoms with van der Waals surface area (Å²) >= 11 is 0. The zero-order valence-corrected chi connectivity index (χ0v) is 12.0. The zero-order chi connectivity index (χ0) is 14.7. The maximum absolute atomic E-state index is 11.7. The number of fused-ring (bicyclic) bond motifs is 1. The fourth-order valence-corrected chi connectivity index (χ4v) is 2.31. The molecule has 0 aliphatic carbocycles. The van der Waals surface area contributed by atoms with Crippen molar-refractivity contribution in [3.05, 3.63) is 52.4 Å². The van der Waals surface area contributed by atoms with Crippen LogP contribution in [0.1, 0.15) is 18.9 Å². The molecule has 0 radical (unpaired) electrons. The molecule has 2 aromatic rings. The molecular weight excluding hydrogens is 268 g/mol. The number of hydrogen-bond acceptors (Lipinski definition) is 4. The zero-order valence-electron chi connectivity index (χ0n) is 12.0. The van der Waals surface area contributed by atoms with E-state index in [1.165, 1.54) is 0 Å². The van der Waals surface area contributed by atoms with E-state index in [1.54, 1.807) is 10.6 Å². The molecule has 0 bridgehead atoms. The molecule has 110 valence electrons. The van der Waals surface area contributed by atoms with Gasteiger partial charge in [-0.3, -0.25) is 4.79 Å². The summed E-state index contributed by atoms with van der Waals surface area (Å²) in [4.78, 5) is 11.7. The number of ether oxygens (including phenoxy) is 2. The number of pyridine rings is 1. The molecular formula is C16H18N2O3. The lowest BCUT2D eigenvalue weighted by Crippen LogP contribution is -2.18. The first-order chi connectivity index (χ1) is 10.3. The van der Waals surface area contributed by atoms with Crippen molar-refractivity contribution in [2.45, 2.75) is 26.4 Å². The Morgan fingerprint density at radius 3 is 2.90 bits per heavy atom. The van der Waals surface area contributed by atoms with Crippen molar-refractivity contribution in [3.8, 4) is 11.5 Å². The van der Waals surface area contributed by atoms with E-state index >= 15 is 0 Å². The standard InChI is InChI=1S/C16H18N2O3/c1-2-7-18-10-13(4-6-16(18)19)17-9-12-3-5-14-15(8-12)21-11-20-14/h3-6,8,10,17H,2,7,9,11H2,1H3. The predicted molar refractivity (Wildman–Crippen MR) is 80.9 cm³/mol. The van der Waals surface area contributed by atoms with Crippen molar-refractivity contribution in [3.63, 3.8) is 0 Å². The van der Waals surface area contributed by atoms with Crippen LogP contribution in [0.15, 0.2) is 41.3 Å². The van der Waals surface area contributed by atoms with E-state index in [0.717, 1.165) is 35.7 Å². The number of nitrogens with zero attached hydrogens (tertiary/aromatic N) is 1. The summed E-state index contributed by atoms with van der Waals surface area (Å²) in [6, 6.07) is 9.29. The van der Waals surface area contributed by atoms with E-state index < -0.39 is 0 Å². The number of anilines is 1. The van der Waals surface area contributed by atoms with Gasteiger partial charge in [-0.2, -0.15) is 0 Å². The summed E-state index contributed by atoms with van der Waals surface area (Å²) in [7, 11) is 0. The molecule has 1 aliphatic heterocycles. The van der Waals surface area contributed by atoms with Crippen LogP contribution in [-0.2, 0) is 13.1 Å². The van der Waals surface area contributed by atoms with Crippen LogP contribution in [0.5, 0.6) is 11.5 Å². The largest absolute Gasteiger partial charge is 0.454 e. The number of benzene rings is 1. The maximum Gasteiger partial charge on any atom is 0.250 e. The lowest BCUT2D eigenvalue weighted by molar-refractivity contribution is 0.174. The normalized spacial score (nSPS) is 12.4. The van der Waals surface area contributed by atoms with Crippen LogP contribution in [0, 0.1) is 0 Å². The lowest BCUT2D eigenvalue weighted by Gasteiger charge is -2.10. The van der Waals surface area contributed by atoms with Gasteiger partial charge in [-0.1, -0.05) is 13.0 Å². The quantitative estimate of drug-likeness (QED) is 0.918. The summed E-state index contributed by atoms with van der Waals surface area (Å²) in [6.07, 6.45) is 2.80. The molecule has 1 aromatic heterocycles. The second-order valence-corrected chi connectivity index (χ2v) is 4.99. The second kappa shape index (κ2) is 5.91. The highest BCUT2D eigenvalue weighted by atomic mass is 16.7. The Kier molecular flexibility index (Phi) is 3.81.